The topological polar surface area (TPSA) is 9.23 Å². The van der Waals surface area contributed by atoms with Crippen molar-refractivity contribution in [1.29, 1.82) is 0 Å². The Hall–Kier alpha value is 0.250. The van der Waals surface area contributed by atoms with Gasteiger partial charge in [0.1, 0.15) is 0 Å². The first-order valence-corrected chi connectivity index (χ1v) is 4.70. The molecule has 0 aromatic heterocycles. The molecule has 0 bridgehead atoms. The molecular weight excluding hydrogens is 160 g/mol. The van der Waals surface area contributed by atoms with Crippen molar-refractivity contribution in [1.82, 2.24) is 0 Å². The van der Waals surface area contributed by atoms with Crippen molar-refractivity contribution in [3.8, 4) is 0 Å². The Morgan fingerprint density at radius 3 is 1.82 bits per heavy atom. The summed E-state index contributed by atoms with van der Waals surface area (Å²) in [6, 6.07) is 0. The maximum Gasteiger partial charge on any atom is 0.0894 e. The van der Waals surface area contributed by atoms with Gasteiger partial charge < -0.3 is 0 Å². The fourth-order valence-corrected chi connectivity index (χ4v) is 1.70. The van der Waals surface area contributed by atoms with E-state index >= 15 is 0 Å². The van der Waals surface area contributed by atoms with Gasteiger partial charge in [0, 0.05) is 0 Å². The number of rotatable bonds is 5. The van der Waals surface area contributed by atoms with E-state index < -0.39 is 0 Å². The molecule has 2 heteroatoms. The molecule has 0 heterocycles. The van der Waals surface area contributed by atoms with Gasteiger partial charge in [-0.2, -0.15) is 0 Å². The normalized spacial score (nSPS) is 12.5. The minimum atomic E-state index is -0.0876. The number of halogens is 1. The van der Waals surface area contributed by atoms with Crippen LogP contribution in [0, 0.1) is 5.92 Å². The van der Waals surface area contributed by atoms with Gasteiger partial charge in [0.2, 0.25) is 0 Å². The van der Waals surface area contributed by atoms with Crippen LogP contribution < -0.4 is 0 Å². The molecule has 0 N–H and O–H groups in total. The SMILES string of the molecule is CCC(CC)(CC(C)C)OCl. The van der Waals surface area contributed by atoms with Crippen LogP contribution in [0.5, 0.6) is 0 Å². The summed E-state index contributed by atoms with van der Waals surface area (Å²) in [6.07, 6.45) is 3.03. The molecule has 0 fully saturated rings. The van der Waals surface area contributed by atoms with Crippen LogP contribution in [0.3, 0.4) is 0 Å². The van der Waals surface area contributed by atoms with Crippen molar-refractivity contribution in [2.75, 3.05) is 0 Å². The second-order valence-electron chi connectivity index (χ2n) is 3.57. The first kappa shape index (κ1) is 11.2. The van der Waals surface area contributed by atoms with E-state index in [2.05, 4.69) is 27.7 Å². The first-order valence-electron chi connectivity index (χ1n) is 4.40. The van der Waals surface area contributed by atoms with Crippen molar-refractivity contribution in [2.45, 2.75) is 52.6 Å². The van der Waals surface area contributed by atoms with E-state index in [-0.39, 0.29) is 5.60 Å². The quantitative estimate of drug-likeness (QED) is 0.623. The summed E-state index contributed by atoms with van der Waals surface area (Å²) in [5, 5.41) is 0. The van der Waals surface area contributed by atoms with Crippen LogP contribution in [0.25, 0.3) is 0 Å². The second-order valence-corrected chi connectivity index (χ2v) is 3.72. The third-order valence-electron chi connectivity index (χ3n) is 2.23. The Bertz CT molecular complexity index is 89.5. The molecule has 0 aromatic carbocycles. The molecule has 1 nitrogen and oxygen atoms in total. The van der Waals surface area contributed by atoms with E-state index in [1.807, 2.05) is 0 Å². The Morgan fingerprint density at radius 1 is 1.27 bits per heavy atom. The molecule has 0 saturated heterocycles. The Labute approximate surface area is 75.2 Å². The third kappa shape index (κ3) is 3.44. The second kappa shape index (κ2) is 5.00. The fourth-order valence-electron chi connectivity index (χ4n) is 1.42. The van der Waals surface area contributed by atoms with E-state index in [0.717, 1.165) is 19.3 Å². The van der Waals surface area contributed by atoms with Gasteiger partial charge in [-0.05, 0) is 25.2 Å². The van der Waals surface area contributed by atoms with Gasteiger partial charge in [-0.15, -0.1) is 0 Å². The lowest BCUT2D eigenvalue weighted by Crippen LogP contribution is -2.29. The van der Waals surface area contributed by atoms with Crippen molar-refractivity contribution < 1.29 is 4.29 Å². The molecule has 0 unspecified atom stereocenters. The highest BCUT2D eigenvalue weighted by Crippen LogP contribution is 2.29. The van der Waals surface area contributed by atoms with Gasteiger partial charge in [-0.3, -0.25) is 4.29 Å². The van der Waals surface area contributed by atoms with Crippen LogP contribution in [0.2, 0.25) is 0 Å². The zero-order valence-corrected chi connectivity index (χ0v) is 8.74. The highest BCUT2D eigenvalue weighted by molar-refractivity contribution is 6.07. The lowest BCUT2D eigenvalue weighted by atomic mass is 9.88. The van der Waals surface area contributed by atoms with Crippen molar-refractivity contribution in [2.24, 2.45) is 5.92 Å². The predicted octanol–water partition coefficient (Wildman–Crippen LogP) is 3.76. The summed E-state index contributed by atoms with van der Waals surface area (Å²) < 4.78 is 5.02. The Kier molecular flexibility index (Phi) is 5.11. The van der Waals surface area contributed by atoms with Crippen LogP contribution in [0.1, 0.15) is 47.0 Å². The van der Waals surface area contributed by atoms with Gasteiger partial charge in [0.05, 0.1) is 17.5 Å². The summed E-state index contributed by atoms with van der Waals surface area (Å²) in [4.78, 5) is 0. The summed E-state index contributed by atoms with van der Waals surface area (Å²) in [5.74, 6) is 0.647. The molecule has 0 aliphatic carbocycles. The lowest BCUT2D eigenvalue weighted by molar-refractivity contribution is 0.0493. The molecule has 0 aliphatic heterocycles. The monoisotopic (exact) mass is 178 g/mol. The molecule has 68 valence electrons. The van der Waals surface area contributed by atoms with Crippen LogP contribution in [-0.4, -0.2) is 5.60 Å². The first-order chi connectivity index (χ1) is 5.10. The van der Waals surface area contributed by atoms with E-state index in [1.165, 1.54) is 0 Å². The highest BCUT2D eigenvalue weighted by atomic mass is 35.5. The van der Waals surface area contributed by atoms with Crippen LogP contribution in [0.15, 0.2) is 0 Å². The molecule has 0 rings (SSSR count). The van der Waals surface area contributed by atoms with Crippen LogP contribution >= 0.6 is 11.9 Å². The van der Waals surface area contributed by atoms with Crippen molar-refractivity contribution in [3.05, 3.63) is 0 Å². The summed E-state index contributed by atoms with van der Waals surface area (Å²) in [7, 11) is 0. The van der Waals surface area contributed by atoms with Gasteiger partial charge in [0.15, 0.2) is 0 Å². The average Bonchev–Trinajstić information content (AvgIpc) is 2.00. The maximum absolute atomic E-state index is 5.47. The van der Waals surface area contributed by atoms with E-state index in [0.29, 0.717) is 5.92 Å². The minimum absolute atomic E-state index is 0.0876. The Balaban J connectivity index is 4.05. The molecule has 0 amide bonds. The number of hydrogen-bond donors (Lipinski definition) is 0. The molecule has 11 heavy (non-hydrogen) atoms. The van der Waals surface area contributed by atoms with Gasteiger partial charge in [0.25, 0.3) is 0 Å². The van der Waals surface area contributed by atoms with Gasteiger partial charge in [-0.25, -0.2) is 0 Å². The predicted molar refractivity (Wildman–Crippen MR) is 49.7 cm³/mol. The molecule has 0 saturated carbocycles. The highest BCUT2D eigenvalue weighted by Gasteiger charge is 2.27. The molecule has 0 atom stereocenters. The summed E-state index contributed by atoms with van der Waals surface area (Å²) in [5.41, 5.74) is -0.0876. The fraction of sp³-hybridized carbons (Fsp3) is 1.00. The van der Waals surface area contributed by atoms with Gasteiger partial charge >= 0.3 is 0 Å². The van der Waals surface area contributed by atoms with Gasteiger partial charge in [-0.1, -0.05) is 27.7 Å². The minimum Gasteiger partial charge on any atom is -0.273 e. The van der Waals surface area contributed by atoms with Crippen LogP contribution in [-0.2, 0) is 4.29 Å². The average molecular weight is 179 g/mol. The number of hydrogen-bond acceptors (Lipinski definition) is 1. The van der Waals surface area contributed by atoms with Crippen molar-refractivity contribution >= 4 is 11.9 Å². The standard InChI is InChI=1S/C9H19ClO/c1-5-9(6-2,11-10)7-8(3)4/h8H,5-7H2,1-4H3. The molecular formula is C9H19ClO. The van der Waals surface area contributed by atoms with E-state index in [4.69, 9.17) is 16.2 Å². The summed E-state index contributed by atoms with van der Waals surface area (Å²) >= 11 is 5.47. The van der Waals surface area contributed by atoms with Crippen molar-refractivity contribution in [3.63, 3.8) is 0 Å². The van der Waals surface area contributed by atoms with Crippen LogP contribution in [0.4, 0.5) is 0 Å². The third-order valence-corrected chi connectivity index (χ3v) is 2.56. The Morgan fingerprint density at radius 2 is 1.73 bits per heavy atom. The van der Waals surface area contributed by atoms with E-state index in [1.54, 1.807) is 0 Å². The lowest BCUT2D eigenvalue weighted by Gasteiger charge is -2.29. The molecule has 0 spiro atoms. The smallest absolute Gasteiger partial charge is 0.0894 e. The van der Waals surface area contributed by atoms with E-state index in [9.17, 15) is 0 Å². The molecule has 0 aliphatic rings. The summed E-state index contributed by atoms with van der Waals surface area (Å²) in [6.45, 7) is 8.62. The largest absolute Gasteiger partial charge is 0.273 e. The molecule has 0 radical (unpaired) electrons. The zero-order valence-electron chi connectivity index (χ0n) is 7.98. The zero-order chi connectivity index (χ0) is 8.91. The maximum atomic E-state index is 5.47. The molecule has 0 aromatic rings.